The first-order valence-corrected chi connectivity index (χ1v) is 10.1. The van der Waals surface area contributed by atoms with Crippen LogP contribution in [0, 0.1) is 10.1 Å². The van der Waals surface area contributed by atoms with Gasteiger partial charge in [-0.2, -0.15) is 0 Å². The van der Waals surface area contributed by atoms with E-state index < -0.39 is 11.0 Å². The van der Waals surface area contributed by atoms with Gasteiger partial charge >= 0.3 is 0 Å². The van der Waals surface area contributed by atoms with Crippen molar-refractivity contribution in [3.63, 3.8) is 0 Å². The van der Waals surface area contributed by atoms with Crippen LogP contribution in [0.3, 0.4) is 0 Å². The minimum Gasteiger partial charge on any atom is -0.497 e. The quantitative estimate of drug-likeness (QED) is 0.341. The van der Waals surface area contributed by atoms with Gasteiger partial charge in [-0.1, -0.05) is 30.3 Å². The number of rotatable bonds is 10. The van der Waals surface area contributed by atoms with Gasteiger partial charge in [-0.3, -0.25) is 10.1 Å². The molecule has 0 aliphatic heterocycles. The maximum Gasteiger partial charge on any atom is 0.271 e. The summed E-state index contributed by atoms with van der Waals surface area (Å²) in [5.74, 6) is 1.48. The van der Waals surface area contributed by atoms with Crippen LogP contribution >= 0.6 is 0 Å². The van der Waals surface area contributed by atoms with Gasteiger partial charge in [0, 0.05) is 24.2 Å². The summed E-state index contributed by atoms with van der Waals surface area (Å²) in [6.45, 7) is 2.50. The number of aliphatic hydroxyl groups is 1. The zero-order valence-corrected chi connectivity index (χ0v) is 17.5. The molecule has 162 valence electrons. The van der Waals surface area contributed by atoms with Crippen molar-refractivity contribution in [3.05, 3.63) is 94.0 Å². The number of nitro benzene ring substituents is 1. The van der Waals surface area contributed by atoms with E-state index in [0.29, 0.717) is 24.5 Å². The molecule has 0 aliphatic carbocycles. The van der Waals surface area contributed by atoms with E-state index in [0.717, 1.165) is 16.9 Å². The molecule has 7 nitrogen and oxygen atoms in total. The first-order chi connectivity index (χ1) is 15.0. The first kappa shape index (κ1) is 22.1. The van der Waals surface area contributed by atoms with Crippen molar-refractivity contribution in [2.75, 3.05) is 19.0 Å². The lowest BCUT2D eigenvalue weighted by Gasteiger charge is -2.24. The van der Waals surface area contributed by atoms with E-state index in [1.54, 1.807) is 31.4 Å². The Kier molecular flexibility index (Phi) is 7.45. The topological polar surface area (TPSA) is 93.9 Å². The Labute approximate surface area is 181 Å². The number of non-ortho nitro benzene ring substituents is 1. The molecule has 0 fully saturated rings. The summed E-state index contributed by atoms with van der Waals surface area (Å²) in [6.07, 6.45) is -0.378. The highest BCUT2D eigenvalue weighted by molar-refractivity contribution is 5.52. The standard InChI is InChI=1S/C24H26N2O5/c1-3-31-22-13-7-17(8-14-22)23(25-19-5-4-6-20(15-19)26(28)29)16-24(27)18-9-11-21(30-2)12-10-18/h4-15,23-25,27H,3,16H2,1-2H3. The molecule has 0 saturated heterocycles. The van der Waals surface area contributed by atoms with E-state index in [2.05, 4.69) is 5.32 Å². The van der Waals surface area contributed by atoms with E-state index in [1.165, 1.54) is 12.1 Å². The summed E-state index contributed by atoms with van der Waals surface area (Å²) in [5, 5.41) is 25.3. The molecule has 0 aromatic heterocycles. The summed E-state index contributed by atoms with van der Waals surface area (Å²) in [6, 6.07) is 20.9. The minimum absolute atomic E-state index is 0.00569. The third kappa shape index (κ3) is 5.96. The zero-order valence-electron chi connectivity index (χ0n) is 17.5. The number of anilines is 1. The van der Waals surface area contributed by atoms with Crippen molar-refractivity contribution in [3.8, 4) is 11.5 Å². The first-order valence-electron chi connectivity index (χ1n) is 10.1. The predicted molar refractivity (Wildman–Crippen MR) is 120 cm³/mol. The fourth-order valence-electron chi connectivity index (χ4n) is 3.34. The number of aliphatic hydroxyl groups excluding tert-OH is 1. The molecule has 2 N–H and O–H groups in total. The Morgan fingerprint density at radius 1 is 1.00 bits per heavy atom. The van der Waals surface area contributed by atoms with Crippen LogP contribution in [0.1, 0.15) is 36.6 Å². The average Bonchev–Trinajstić information content (AvgIpc) is 2.79. The van der Waals surface area contributed by atoms with Crippen LogP contribution in [0.2, 0.25) is 0 Å². The van der Waals surface area contributed by atoms with E-state index in [1.807, 2.05) is 43.3 Å². The van der Waals surface area contributed by atoms with Gasteiger partial charge in [0.2, 0.25) is 0 Å². The summed E-state index contributed by atoms with van der Waals surface area (Å²) >= 11 is 0. The Hall–Kier alpha value is -3.58. The molecule has 2 atom stereocenters. The highest BCUT2D eigenvalue weighted by Gasteiger charge is 2.19. The molecule has 7 heteroatoms. The monoisotopic (exact) mass is 422 g/mol. The van der Waals surface area contributed by atoms with E-state index in [-0.39, 0.29) is 11.7 Å². The highest BCUT2D eigenvalue weighted by atomic mass is 16.6. The summed E-state index contributed by atoms with van der Waals surface area (Å²) < 4.78 is 10.7. The molecular weight excluding hydrogens is 396 g/mol. The van der Waals surface area contributed by atoms with Gasteiger partial charge in [-0.25, -0.2) is 0 Å². The normalized spacial score (nSPS) is 12.6. The molecule has 3 aromatic rings. The molecule has 0 amide bonds. The fraction of sp³-hybridized carbons (Fsp3) is 0.250. The van der Waals surface area contributed by atoms with Gasteiger partial charge in [0.25, 0.3) is 5.69 Å². The lowest BCUT2D eigenvalue weighted by molar-refractivity contribution is -0.384. The van der Waals surface area contributed by atoms with Crippen molar-refractivity contribution >= 4 is 11.4 Å². The second-order valence-corrected chi connectivity index (χ2v) is 7.03. The second-order valence-electron chi connectivity index (χ2n) is 7.03. The molecule has 3 aromatic carbocycles. The summed E-state index contributed by atoms with van der Waals surface area (Å²) in [4.78, 5) is 10.7. The third-order valence-electron chi connectivity index (χ3n) is 4.95. The van der Waals surface area contributed by atoms with Crippen LogP contribution in [0.15, 0.2) is 72.8 Å². The van der Waals surface area contributed by atoms with E-state index in [4.69, 9.17) is 9.47 Å². The van der Waals surface area contributed by atoms with E-state index >= 15 is 0 Å². The van der Waals surface area contributed by atoms with Crippen LogP contribution in [-0.4, -0.2) is 23.7 Å². The molecule has 3 rings (SSSR count). The van der Waals surface area contributed by atoms with Crippen LogP contribution < -0.4 is 14.8 Å². The van der Waals surface area contributed by atoms with E-state index in [9.17, 15) is 15.2 Å². The summed E-state index contributed by atoms with van der Waals surface area (Å²) in [7, 11) is 1.59. The molecule has 0 radical (unpaired) electrons. The maximum atomic E-state index is 11.1. The number of hydrogen-bond acceptors (Lipinski definition) is 6. The second kappa shape index (κ2) is 10.4. The van der Waals surface area contributed by atoms with Crippen molar-refractivity contribution in [1.29, 1.82) is 0 Å². The lowest BCUT2D eigenvalue weighted by atomic mass is 9.96. The molecule has 31 heavy (non-hydrogen) atoms. The average molecular weight is 422 g/mol. The molecule has 0 spiro atoms. The largest absolute Gasteiger partial charge is 0.497 e. The van der Waals surface area contributed by atoms with Crippen LogP contribution in [-0.2, 0) is 0 Å². The predicted octanol–water partition coefficient (Wildman–Crippen LogP) is 5.28. The Balaban J connectivity index is 1.85. The minimum atomic E-state index is -0.742. The van der Waals surface area contributed by atoms with Crippen LogP contribution in [0.25, 0.3) is 0 Å². The number of nitrogens with zero attached hydrogens (tertiary/aromatic N) is 1. The molecule has 0 saturated carbocycles. The smallest absolute Gasteiger partial charge is 0.271 e. The molecular formula is C24H26N2O5. The number of nitro groups is 1. The maximum absolute atomic E-state index is 11.1. The highest BCUT2D eigenvalue weighted by Crippen LogP contribution is 2.32. The van der Waals surface area contributed by atoms with Crippen molar-refractivity contribution in [1.82, 2.24) is 0 Å². The van der Waals surface area contributed by atoms with Crippen LogP contribution in [0.4, 0.5) is 11.4 Å². The van der Waals surface area contributed by atoms with Crippen LogP contribution in [0.5, 0.6) is 11.5 Å². The fourth-order valence-corrected chi connectivity index (χ4v) is 3.34. The van der Waals surface area contributed by atoms with Gasteiger partial charge in [0.05, 0.1) is 30.8 Å². The molecule has 2 unspecified atom stereocenters. The summed E-state index contributed by atoms with van der Waals surface area (Å²) in [5.41, 5.74) is 2.31. The number of benzene rings is 3. The van der Waals surface area contributed by atoms with Crippen molar-refractivity contribution < 1.29 is 19.5 Å². The third-order valence-corrected chi connectivity index (χ3v) is 4.95. The van der Waals surface area contributed by atoms with Crippen molar-refractivity contribution in [2.45, 2.75) is 25.5 Å². The number of ether oxygens (including phenoxy) is 2. The SMILES string of the molecule is CCOc1ccc(C(CC(O)c2ccc(OC)cc2)Nc2cccc([N+](=O)[O-])c2)cc1. The van der Waals surface area contributed by atoms with Gasteiger partial charge in [-0.15, -0.1) is 0 Å². The van der Waals surface area contributed by atoms with Gasteiger partial charge in [0.15, 0.2) is 0 Å². The zero-order chi connectivity index (χ0) is 22.2. The molecule has 0 aliphatic rings. The number of methoxy groups -OCH3 is 1. The molecule has 0 bridgehead atoms. The van der Waals surface area contributed by atoms with Crippen molar-refractivity contribution in [2.24, 2.45) is 0 Å². The number of nitrogens with one attached hydrogen (secondary N) is 1. The lowest BCUT2D eigenvalue weighted by Crippen LogP contribution is -2.15. The Morgan fingerprint density at radius 3 is 2.26 bits per heavy atom. The Bertz CT molecular complexity index is 990. The van der Waals surface area contributed by atoms with Gasteiger partial charge < -0.3 is 19.9 Å². The Morgan fingerprint density at radius 2 is 1.65 bits per heavy atom. The molecule has 0 heterocycles. The number of hydrogen-bond donors (Lipinski definition) is 2. The van der Waals surface area contributed by atoms with Gasteiger partial charge in [0.1, 0.15) is 11.5 Å². The van der Waals surface area contributed by atoms with Gasteiger partial charge in [-0.05, 0) is 48.4 Å².